The number of carbonyl (C=O) groups is 1. The van der Waals surface area contributed by atoms with Gasteiger partial charge in [-0.1, -0.05) is 124 Å². The van der Waals surface area contributed by atoms with Crippen molar-refractivity contribution < 1.29 is 19.4 Å². The lowest BCUT2D eigenvalue weighted by molar-refractivity contribution is -0.114. The Hall–Kier alpha value is -5.17. The molecule has 0 unspecified atom stereocenters. The Bertz CT molecular complexity index is 2350. The first-order valence-corrected chi connectivity index (χ1v) is 23.1. The Balaban J connectivity index is 0.968. The molecule has 2 aromatic heterocycles. The summed E-state index contributed by atoms with van der Waals surface area (Å²) in [6.07, 6.45) is 23.5. The smallest absolute Gasteiger partial charge is 0.159 e. The number of benzene rings is 4. The molecular weight excluding hydrogens is 753 g/mol. The number of aliphatic hydroxyl groups excluding tert-OH is 1. The molecule has 0 saturated heterocycles. The zero-order valence-corrected chi connectivity index (χ0v) is 36.1. The predicted molar refractivity (Wildman–Crippen MR) is 251 cm³/mol. The summed E-state index contributed by atoms with van der Waals surface area (Å²) < 4.78 is 12.0. The maximum absolute atomic E-state index is 12.5. The van der Waals surface area contributed by atoms with Gasteiger partial charge < -0.3 is 14.6 Å². The van der Waals surface area contributed by atoms with Gasteiger partial charge in [0.05, 0.1) is 43.6 Å². The molecule has 318 valence electrons. The molecule has 0 amide bonds. The monoisotopic (exact) mass is 816 g/mol. The van der Waals surface area contributed by atoms with Gasteiger partial charge >= 0.3 is 0 Å². The van der Waals surface area contributed by atoms with Crippen LogP contribution in [0.25, 0.3) is 44.1 Å². The molecule has 1 N–H and O–H groups in total. The number of hydrogen-bond donors (Lipinski definition) is 1. The van der Waals surface area contributed by atoms with Crippen LogP contribution in [0.4, 0.5) is 0 Å². The van der Waals surface area contributed by atoms with E-state index in [0.29, 0.717) is 39.3 Å². The van der Waals surface area contributed by atoms with Crippen LogP contribution in [0.1, 0.15) is 112 Å². The maximum Gasteiger partial charge on any atom is 0.159 e. The first-order valence-electron chi connectivity index (χ1n) is 23.1. The quantitative estimate of drug-likeness (QED) is 0.164. The van der Waals surface area contributed by atoms with Crippen LogP contribution in [0.5, 0.6) is 0 Å². The Kier molecular flexibility index (Phi) is 17.1. The number of aliphatic hydroxyl groups is 1. The molecule has 0 spiro atoms. The summed E-state index contributed by atoms with van der Waals surface area (Å²) in [5, 5.41) is 15.4. The van der Waals surface area contributed by atoms with Crippen molar-refractivity contribution in [2.75, 3.05) is 26.4 Å². The average molecular weight is 817 g/mol. The van der Waals surface area contributed by atoms with E-state index in [9.17, 15) is 9.90 Å². The molecule has 6 nitrogen and oxygen atoms in total. The van der Waals surface area contributed by atoms with E-state index < -0.39 is 0 Å². The second-order valence-corrected chi connectivity index (χ2v) is 16.8. The molecule has 3 heterocycles. The van der Waals surface area contributed by atoms with Gasteiger partial charge in [-0.2, -0.15) is 0 Å². The topological polar surface area (TPSA) is 81.5 Å². The van der Waals surface area contributed by atoms with Crippen LogP contribution < -0.4 is 0 Å². The van der Waals surface area contributed by atoms with E-state index >= 15 is 0 Å². The zero-order chi connectivity index (χ0) is 41.9. The molecule has 12 bridgehead atoms. The maximum atomic E-state index is 12.5. The van der Waals surface area contributed by atoms with Gasteiger partial charge in [-0.3, -0.25) is 14.8 Å². The van der Waals surface area contributed by atoms with E-state index in [-0.39, 0.29) is 11.5 Å². The van der Waals surface area contributed by atoms with Gasteiger partial charge in [-0.15, -0.1) is 0 Å². The van der Waals surface area contributed by atoms with E-state index in [1.54, 1.807) is 0 Å². The second kappa shape index (κ2) is 23.7. The lowest BCUT2D eigenvalue weighted by atomic mass is 9.96. The Labute approximate surface area is 363 Å². The van der Waals surface area contributed by atoms with Crippen molar-refractivity contribution in [1.29, 1.82) is 0 Å². The number of fused-ring (bicyclic) bond motifs is 6. The van der Waals surface area contributed by atoms with Gasteiger partial charge in [-0.05, 0) is 109 Å². The van der Waals surface area contributed by atoms with Gasteiger partial charge in [-0.25, -0.2) is 0 Å². The third-order valence-electron chi connectivity index (χ3n) is 12.2. The van der Waals surface area contributed by atoms with Crippen molar-refractivity contribution >= 4 is 27.3 Å². The highest BCUT2D eigenvalue weighted by molar-refractivity contribution is 5.97. The van der Waals surface area contributed by atoms with Crippen LogP contribution in [0.2, 0.25) is 0 Å². The van der Waals surface area contributed by atoms with Crippen LogP contribution in [0.15, 0.2) is 121 Å². The summed E-state index contributed by atoms with van der Waals surface area (Å²) in [7, 11) is 0. The normalized spacial score (nSPS) is 17.1. The summed E-state index contributed by atoms with van der Waals surface area (Å²) in [6.45, 7) is 2.42. The van der Waals surface area contributed by atoms with Crippen LogP contribution in [-0.2, 0) is 40.0 Å². The number of nitrogens with zero attached hydrogens (tertiary/aromatic N) is 2. The molecule has 6 heteroatoms. The summed E-state index contributed by atoms with van der Waals surface area (Å²) in [6, 6.07) is 35.0. The van der Waals surface area contributed by atoms with E-state index in [1.807, 2.05) is 12.4 Å². The van der Waals surface area contributed by atoms with E-state index in [0.717, 1.165) is 99.6 Å². The largest absolute Gasteiger partial charge is 0.512 e. The van der Waals surface area contributed by atoms with Crippen LogP contribution in [0.3, 0.4) is 0 Å². The first kappa shape index (κ1) is 43.9. The van der Waals surface area contributed by atoms with Crippen molar-refractivity contribution in [2.45, 2.75) is 116 Å². The van der Waals surface area contributed by atoms with Crippen LogP contribution >= 0.6 is 0 Å². The fraction of sp³-hybridized carbons (Fsp3) is 0.400. The molecule has 1 aliphatic heterocycles. The van der Waals surface area contributed by atoms with Gasteiger partial charge in [0.25, 0.3) is 0 Å². The molecule has 7 rings (SSSR count). The van der Waals surface area contributed by atoms with Gasteiger partial charge in [0.15, 0.2) is 5.78 Å². The van der Waals surface area contributed by atoms with Crippen molar-refractivity contribution in [3.63, 3.8) is 0 Å². The Morgan fingerprint density at radius 2 is 0.869 bits per heavy atom. The molecule has 0 atom stereocenters. The minimum atomic E-state index is 0.0541. The minimum absolute atomic E-state index is 0.0541. The number of hydrogen-bond acceptors (Lipinski definition) is 6. The molecule has 0 aliphatic carbocycles. The number of carbonyl (C=O) groups excluding carboxylic acids is 1. The standard InChI is InChI=1S/C55H64N2O4/c58-48-25-11-7-3-1-5-9-19-44-21-15-27-52-50(44)29-33-56-54(52)46-23-13-17-42(39-46)31-35-60-37-38-61-36-32-43-18-14-24-47(40-43)55-53-28-16-22-45(51(53)30-34-57-55)20-10-6-2-4-8-12-26-49(59)41-48/h13-18,21-24,27-30,33-34,39-41,58H,1-12,19-20,25-26,31-32,35-38H2. The second-order valence-electron chi connectivity index (χ2n) is 16.8. The molecule has 0 saturated carbocycles. The lowest BCUT2D eigenvalue weighted by Crippen LogP contribution is -2.08. The predicted octanol–water partition coefficient (Wildman–Crippen LogP) is 13.5. The lowest BCUT2D eigenvalue weighted by Gasteiger charge is -2.12. The average Bonchev–Trinajstić information content (AvgIpc) is 3.28. The highest BCUT2D eigenvalue weighted by atomic mass is 16.5. The van der Waals surface area contributed by atoms with Gasteiger partial charge in [0.2, 0.25) is 0 Å². The Morgan fingerprint density at radius 3 is 1.38 bits per heavy atom. The van der Waals surface area contributed by atoms with E-state index in [2.05, 4.69) is 97.1 Å². The molecule has 0 fully saturated rings. The third kappa shape index (κ3) is 13.2. The number of ketones is 1. The van der Waals surface area contributed by atoms with E-state index in [1.165, 1.54) is 75.6 Å². The number of pyridine rings is 2. The molecule has 4 aromatic carbocycles. The fourth-order valence-corrected chi connectivity index (χ4v) is 8.87. The Morgan fingerprint density at radius 1 is 0.426 bits per heavy atom. The number of ether oxygens (including phenoxy) is 2. The molecule has 0 radical (unpaired) electrons. The summed E-state index contributed by atoms with van der Waals surface area (Å²) in [5.74, 6) is 0.296. The molecule has 61 heavy (non-hydrogen) atoms. The third-order valence-corrected chi connectivity index (χ3v) is 12.2. The fourth-order valence-electron chi connectivity index (χ4n) is 8.87. The van der Waals surface area contributed by atoms with Crippen molar-refractivity contribution in [1.82, 2.24) is 9.97 Å². The number of rotatable bonds is 0. The van der Waals surface area contributed by atoms with E-state index in [4.69, 9.17) is 19.4 Å². The summed E-state index contributed by atoms with van der Waals surface area (Å²) in [5.41, 5.74) is 9.54. The van der Waals surface area contributed by atoms with Gasteiger partial charge in [0, 0.05) is 53.2 Å². The zero-order valence-electron chi connectivity index (χ0n) is 36.1. The summed E-state index contributed by atoms with van der Waals surface area (Å²) >= 11 is 0. The van der Waals surface area contributed by atoms with Crippen molar-refractivity contribution in [2.24, 2.45) is 0 Å². The SMILES string of the molecule is O=C1C=C(O)CCCCCCCCc2cccc3c(nccc23)-c2cccc(c2)CCOCCOCCc2cccc(c2)-c2nccc3c(cccc23)CCCCCCCC1. The van der Waals surface area contributed by atoms with Crippen LogP contribution in [0, 0.1) is 0 Å². The minimum Gasteiger partial charge on any atom is -0.512 e. The number of aromatic nitrogens is 2. The number of aryl methyl sites for hydroxylation is 2. The van der Waals surface area contributed by atoms with Crippen molar-refractivity contribution in [3.05, 3.63) is 144 Å². The molecule has 1 aliphatic rings. The highest BCUT2D eigenvalue weighted by Gasteiger charge is 2.12. The molecular formula is C55H64N2O4. The van der Waals surface area contributed by atoms with Gasteiger partial charge in [0.1, 0.15) is 0 Å². The highest BCUT2D eigenvalue weighted by Crippen LogP contribution is 2.32. The number of allylic oxidation sites excluding steroid dienone is 2. The summed E-state index contributed by atoms with van der Waals surface area (Å²) in [4.78, 5) is 22.2. The van der Waals surface area contributed by atoms with Crippen molar-refractivity contribution in [3.8, 4) is 22.5 Å². The first-order chi connectivity index (χ1) is 30.1. The molecule has 6 aromatic rings. The van der Waals surface area contributed by atoms with Crippen LogP contribution in [-0.4, -0.2) is 47.3 Å².